The molecule has 0 radical (unpaired) electrons. The number of urea groups is 1. The molecule has 0 saturated heterocycles. The average Bonchev–Trinajstić information content (AvgIpc) is 2.24. The van der Waals surface area contributed by atoms with Crippen LogP contribution in [0.4, 0.5) is 28.0 Å². The van der Waals surface area contributed by atoms with E-state index >= 15 is 0 Å². The number of carboxylic acid groups (broad SMARTS) is 1. The van der Waals surface area contributed by atoms with Crippen LogP contribution in [0.3, 0.4) is 0 Å². The molecule has 0 fully saturated rings. The smallest absolute Gasteiger partial charge is 0.391 e. The molecule has 0 aliphatic heterocycles. The van der Waals surface area contributed by atoms with Gasteiger partial charge >= 0.3 is 18.2 Å². The first-order chi connectivity index (χ1) is 9.60. The van der Waals surface area contributed by atoms with E-state index in [4.69, 9.17) is 5.11 Å². The van der Waals surface area contributed by atoms with Gasteiger partial charge in [-0.05, 0) is 19.1 Å². The van der Waals surface area contributed by atoms with Gasteiger partial charge in [-0.25, -0.2) is 14.0 Å². The van der Waals surface area contributed by atoms with Crippen LogP contribution in [0.5, 0.6) is 0 Å². The molecule has 21 heavy (non-hydrogen) atoms. The van der Waals surface area contributed by atoms with Gasteiger partial charge in [0.05, 0.1) is 12.1 Å². The second kappa shape index (κ2) is 6.42. The highest BCUT2D eigenvalue weighted by atomic mass is 19.4. The molecule has 0 aliphatic rings. The number of aromatic carboxylic acids is 1. The minimum absolute atomic E-state index is 0.348. The zero-order chi connectivity index (χ0) is 16.2. The Labute approximate surface area is 117 Å². The van der Waals surface area contributed by atoms with Crippen LogP contribution in [0.25, 0.3) is 0 Å². The van der Waals surface area contributed by atoms with Crippen molar-refractivity contribution in [3.8, 4) is 0 Å². The number of halogens is 4. The molecule has 116 valence electrons. The number of alkyl halides is 3. The Kier molecular flexibility index (Phi) is 5.12. The number of carbonyl (C=O) groups is 2. The van der Waals surface area contributed by atoms with Gasteiger partial charge in [-0.2, -0.15) is 13.2 Å². The standard InChI is InChI=1S/C12H12F4N2O3/c1-6(5-12(14,15)16)17-11(21)18-8-4-2-3-7(13)9(8)10(19)20/h2-4,6H,5H2,1H3,(H,19,20)(H2,17,18,21). The number of carbonyl (C=O) groups excluding carboxylic acids is 1. The first-order valence-corrected chi connectivity index (χ1v) is 5.76. The average molecular weight is 308 g/mol. The molecule has 3 N–H and O–H groups in total. The van der Waals surface area contributed by atoms with Gasteiger partial charge in [-0.15, -0.1) is 0 Å². The van der Waals surface area contributed by atoms with E-state index in [-0.39, 0.29) is 5.69 Å². The summed E-state index contributed by atoms with van der Waals surface area (Å²) in [7, 11) is 0. The molecule has 0 bridgehead atoms. The molecule has 2 amide bonds. The van der Waals surface area contributed by atoms with Gasteiger partial charge in [-0.3, -0.25) is 0 Å². The molecule has 0 heterocycles. The van der Waals surface area contributed by atoms with Gasteiger partial charge in [0, 0.05) is 6.04 Å². The van der Waals surface area contributed by atoms with Crippen molar-refractivity contribution < 1.29 is 32.3 Å². The molecule has 0 aromatic heterocycles. The summed E-state index contributed by atoms with van der Waals surface area (Å²) < 4.78 is 49.7. The highest BCUT2D eigenvalue weighted by Crippen LogP contribution is 2.22. The largest absolute Gasteiger partial charge is 0.478 e. The summed E-state index contributed by atoms with van der Waals surface area (Å²) in [4.78, 5) is 22.4. The number of anilines is 1. The highest BCUT2D eigenvalue weighted by Gasteiger charge is 2.30. The van der Waals surface area contributed by atoms with E-state index in [2.05, 4.69) is 0 Å². The van der Waals surface area contributed by atoms with Crippen LogP contribution in [0.15, 0.2) is 18.2 Å². The maximum absolute atomic E-state index is 13.3. The monoisotopic (exact) mass is 308 g/mol. The molecule has 0 aliphatic carbocycles. The number of rotatable bonds is 4. The molecule has 1 unspecified atom stereocenters. The normalized spacial score (nSPS) is 12.6. The van der Waals surface area contributed by atoms with Crippen LogP contribution in [-0.2, 0) is 0 Å². The van der Waals surface area contributed by atoms with E-state index < -0.39 is 42.0 Å². The number of benzene rings is 1. The van der Waals surface area contributed by atoms with Gasteiger partial charge in [-0.1, -0.05) is 6.07 Å². The van der Waals surface area contributed by atoms with Crippen LogP contribution in [0.2, 0.25) is 0 Å². The molecular weight excluding hydrogens is 296 g/mol. The highest BCUT2D eigenvalue weighted by molar-refractivity contribution is 6.00. The quantitative estimate of drug-likeness (QED) is 0.748. The summed E-state index contributed by atoms with van der Waals surface area (Å²) in [5.41, 5.74) is -1.12. The van der Waals surface area contributed by atoms with Crippen molar-refractivity contribution in [1.29, 1.82) is 0 Å². The van der Waals surface area contributed by atoms with Crippen molar-refractivity contribution in [1.82, 2.24) is 5.32 Å². The maximum atomic E-state index is 13.3. The van der Waals surface area contributed by atoms with Crippen molar-refractivity contribution in [2.24, 2.45) is 0 Å². The van der Waals surface area contributed by atoms with Crippen molar-refractivity contribution in [2.75, 3.05) is 5.32 Å². The number of carboxylic acids is 1. The maximum Gasteiger partial charge on any atom is 0.391 e. The molecular formula is C12H12F4N2O3. The van der Waals surface area contributed by atoms with Gasteiger partial charge in [0.1, 0.15) is 11.4 Å². The van der Waals surface area contributed by atoms with Crippen molar-refractivity contribution >= 4 is 17.7 Å². The zero-order valence-corrected chi connectivity index (χ0v) is 10.8. The van der Waals surface area contributed by atoms with Gasteiger partial charge in [0.25, 0.3) is 0 Å². The SMILES string of the molecule is CC(CC(F)(F)F)NC(=O)Nc1cccc(F)c1C(=O)O. The van der Waals surface area contributed by atoms with Crippen LogP contribution < -0.4 is 10.6 Å². The van der Waals surface area contributed by atoms with E-state index in [0.29, 0.717) is 0 Å². The Bertz CT molecular complexity index is 546. The van der Waals surface area contributed by atoms with Gasteiger partial charge in [0.15, 0.2) is 0 Å². The fraction of sp³-hybridized carbons (Fsp3) is 0.333. The molecule has 1 aromatic rings. The summed E-state index contributed by atoms with van der Waals surface area (Å²) in [6, 6.07) is 0.905. The lowest BCUT2D eigenvalue weighted by Crippen LogP contribution is -2.39. The molecule has 5 nitrogen and oxygen atoms in total. The number of hydrogen-bond acceptors (Lipinski definition) is 2. The lowest BCUT2D eigenvalue weighted by molar-refractivity contribution is -0.138. The third-order valence-electron chi connectivity index (χ3n) is 2.39. The Morgan fingerprint density at radius 3 is 2.48 bits per heavy atom. The number of hydrogen-bond donors (Lipinski definition) is 3. The molecule has 9 heteroatoms. The fourth-order valence-corrected chi connectivity index (χ4v) is 1.63. The van der Waals surface area contributed by atoms with E-state index in [9.17, 15) is 27.2 Å². The Balaban J connectivity index is 2.76. The first kappa shape index (κ1) is 16.7. The third-order valence-corrected chi connectivity index (χ3v) is 2.39. The van der Waals surface area contributed by atoms with Crippen LogP contribution in [-0.4, -0.2) is 29.3 Å². The zero-order valence-electron chi connectivity index (χ0n) is 10.8. The van der Waals surface area contributed by atoms with Crippen molar-refractivity contribution in [3.05, 3.63) is 29.6 Å². The predicted octanol–water partition coefficient (Wildman–Crippen LogP) is 2.99. The number of amides is 2. The second-order valence-electron chi connectivity index (χ2n) is 4.29. The Morgan fingerprint density at radius 1 is 1.33 bits per heavy atom. The molecule has 1 rings (SSSR count). The topological polar surface area (TPSA) is 78.4 Å². The lowest BCUT2D eigenvalue weighted by atomic mass is 10.1. The second-order valence-corrected chi connectivity index (χ2v) is 4.29. The number of nitrogens with one attached hydrogen (secondary N) is 2. The Hall–Kier alpha value is -2.32. The first-order valence-electron chi connectivity index (χ1n) is 5.76. The van der Waals surface area contributed by atoms with Gasteiger partial charge < -0.3 is 15.7 Å². The van der Waals surface area contributed by atoms with E-state index in [0.717, 1.165) is 25.1 Å². The van der Waals surface area contributed by atoms with Crippen molar-refractivity contribution in [2.45, 2.75) is 25.6 Å². The van der Waals surface area contributed by atoms with Crippen LogP contribution >= 0.6 is 0 Å². The lowest BCUT2D eigenvalue weighted by Gasteiger charge is -2.17. The van der Waals surface area contributed by atoms with Crippen LogP contribution in [0.1, 0.15) is 23.7 Å². The molecule has 1 atom stereocenters. The van der Waals surface area contributed by atoms with E-state index in [1.165, 1.54) is 0 Å². The predicted molar refractivity (Wildman–Crippen MR) is 65.6 cm³/mol. The van der Waals surface area contributed by atoms with Crippen LogP contribution in [0, 0.1) is 5.82 Å². The molecule has 1 aromatic carbocycles. The minimum atomic E-state index is -4.45. The molecule has 0 spiro atoms. The third kappa shape index (κ3) is 5.28. The summed E-state index contributed by atoms with van der Waals surface area (Å²) in [5.74, 6) is -2.67. The summed E-state index contributed by atoms with van der Waals surface area (Å²) in [6.45, 7) is 1.14. The summed E-state index contributed by atoms with van der Waals surface area (Å²) in [5, 5.41) is 12.8. The van der Waals surface area contributed by atoms with E-state index in [1.54, 1.807) is 0 Å². The fourth-order valence-electron chi connectivity index (χ4n) is 1.63. The summed E-state index contributed by atoms with van der Waals surface area (Å²) in [6.07, 6.45) is -5.69. The summed E-state index contributed by atoms with van der Waals surface area (Å²) >= 11 is 0. The van der Waals surface area contributed by atoms with E-state index in [1.807, 2.05) is 10.6 Å². The Morgan fingerprint density at radius 2 is 1.95 bits per heavy atom. The van der Waals surface area contributed by atoms with Gasteiger partial charge in [0.2, 0.25) is 0 Å². The minimum Gasteiger partial charge on any atom is -0.478 e. The van der Waals surface area contributed by atoms with Crippen molar-refractivity contribution in [3.63, 3.8) is 0 Å². The molecule has 0 saturated carbocycles.